The molecule has 0 bridgehead atoms. The molecule has 0 saturated heterocycles. The number of hydrogen-bond donors (Lipinski definition) is 2. The molecule has 98 valence electrons. The summed E-state index contributed by atoms with van der Waals surface area (Å²) in [7, 11) is -3.31. The van der Waals surface area contributed by atoms with E-state index in [1.54, 1.807) is 24.3 Å². The maximum Gasteiger partial charge on any atom is 0.307 e. The van der Waals surface area contributed by atoms with Crippen molar-refractivity contribution in [2.45, 2.75) is 19.3 Å². The Bertz CT molecular complexity index is 549. The maximum atomic E-state index is 11.8. The number of hydrogen-bond acceptors (Lipinski definition) is 3. The minimum atomic E-state index is -3.31. The lowest BCUT2D eigenvalue weighted by Gasteiger charge is -2.08. The van der Waals surface area contributed by atoms with E-state index in [-0.39, 0.29) is 18.1 Å². The Labute approximate surface area is 106 Å². The normalized spacial score (nSPS) is 15.3. The molecule has 5 nitrogen and oxygen atoms in total. The van der Waals surface area contributed by atoms with Gasteiger partial charge in [-0.15, -0.1) is 0 Å². The summed E-state index contributed by atoms with van der Waals surface area (Å²) in [5.41, 5.74) is 1.00. The van der Waals surface area contributed by atoms with Gasteiger partial charge in [-0.05, 0) is 36.5 Å². The number of sulfonamides is 1. The second-order valence-electron chi connectivity index (χ2n) is 4.60. The van der Waals surface area contributed by atoms with Gasteiger partial charge in [0, 0.05) is 5.69 Å². The molecule has 1 saturated carbocycles. The monoisotopic (exact) mass is 269 g/mol. The molecule has 0 atom stereocenters. The molecule has 2 N–H and O–H groups in total. The molecule has 1 fully saturated rings. The molecule has 2 rings (SSSR count). The quantitative estimate of drug-likeness (QED) is 0.819. The van der Waals surface area contributed by atoms with Crippen LogP contribution in [-0.4, -0.2) is 25.2 Å². The third-order valence-corrected chi connectivity index (χ3v) is 4.16. The van der Waals surface area contributed by atoms with Gasteiger partial charge in [-0.3, -0.25) is 9.52 Å². The Morgan fingerprint density at radius 3 is 2.72 bits per heavy atom. The van der Waals surface area contributed by atoms with Crippen molar-refractivity contribution >= 4 is 21.7 Å². The van der Waals surface area contributed by atoms with Gasteiger partial charge in [0.2, 0.25) is 10.0 Å². The zero-order chi connectivity index (χ0) is 13.2. The van der Waals surface area contributed by atoms with Crippen LogP contribution in [0, 0.1) is 5.92 Å². The second-order valence-corrected chi connectivity index (χ2v) is 6.36. The van der Waals surface area contributed by atoms with Gasteiger partial charge in [0.1, 0.15) is 0 Å². The fraction of sp³-hybridized carbons (Fsp3) is 0.417. The average molecular weight is 269 g/mol. The van der Waals surface area contributed by atoms with Crippen LogP contribution in [0.5, 0.6) is 0 Å². The van der Waals surface area contributed by atoms with E-state index in [0.717, 1.165) is 12.8 Å². The van der Waals surface area contributed by atoms with Gasteiger partial charge in [-0.25, -0.2) is 8.42 Å². The molecule has 0 amide bonds. The molecule has 0 heterocycles. The van der Waals surface area contributed by atoms with Crippen LogP contribution in [0.2, 0.25) is 0 Å². The number of carbonyl (C=O) groups is 1. The minimum Gasteiger partial charge on any atom is -0.481 e. The van der Waals surface area contributed by atoms with Crippen molar-refractivity contribution in [1.82, 2.24) is 0 Å². The predicted octanol–water partition coefficient (Wildman–Crippen LogP) is 1.47. The first kappa shape index (κ1) is 12.9. The number of carboxylic acid groups (broad SMARTS) is 1. The summed E-state index contributed by atoms with van der Waals surface area (Å²) >= 11 is 0. The van der Waals surface area contributed by atoms with Gasteiger partial charge in [-0.2, -0.15) is 0 Å². The molecule has 0 radical (unpaired) electrons. The van der Waals surface area contributed by atoms with Gasteiger partial charge in [0.15, 0.2) is 0 Å². The Morgan fingerprint density at radius 2 is 2.11 bits per heavy atom. The van der Waals surface area contributed by atoms with E-state index in [2.05, 4.69) is 4.72 Å². The molecule has 1 aliphatic carbocycles. The SMILES string of the molecule is O=C(O)Cc1cccc(NS(=O)(=O)CC2CC2)c1. The Kier molecular flexibility index (Phi) is 3.56. The number of carboxylic acids is 1. The van der Waals surface area contributed by atoms with Crippen molar-refractivity contribution in [3.8, 4) is 0 Å². The lowest BCUT2D eigenvalue weighted by molar-refractivity contribution is -0.136. The topological polar surface area (TPSA) is 83.5 Å². The number of aliphatic carboxylic acids is 1. The summed E-state index contributed by atoms with van der Waals surface area (Å²) in [6.45, 7) is 0. The van der Waals surface area contributed by atoms with Crippen LogP contribution in [0.1, 0.15) is 18.4 Å². The molecule has 1 aliphatic rings. The average Bonchev–Trinajstić information content (AvgIpc) is 2.99. The maximum absolute atomic E-state index is 11.8. The molecule has 0 aromatic heterocycles. The first-order valence-corrected chi connectivity index (χ1v) is 7.41. The molecule has 0 aliphatic heterocycles. The summed E-state index contributed by atoms with van der Waals surface area (Å²) in [5.74, 6) is -0.506. The van der Waals surface area contributed by atoms with E-state index in [1.807, 2.05) is 0 Å². The molecule has 18 heavy (non-hydrogen) atoms. The van der Waals surface area contributed by atoms with Crippen molar-refractivity contribution in [1.29, 1.82) is 0 Å². The van der Waals surface area contributed by atoms with E-state index < -0.39 is 16.0 Å². The van der Waals surface area contributed by atoms with Crippen molar-refractivity contribution in [2.24, 2.45) is 5.92 Å². The summed E-state index contributed by atoms with van der Waals surface area (Å²) in [6.07, 6.45) is 1.83. The summed E-state index contributed by atoms with van der Waals surface area (Å²) in [5, 5.41) is 8.68. The number of rotatable bonds is 6. The summed E-state index contributed by atoms with van der Waals surface area (Å²) < 4.78 is 26.0. The third-order valence-electron chi connectivity index (χ3n) is 2.71. The third kappa shape index (κ3) is 4.03. The van der Waals surface area contributed by atoms with Gasteiger partial charge < -0.3 is 5.11 Å². The van der Waals surface area contributed by atoms with E-state index in [9.17, 15) is 13.2 Å². The van der Waals surface area contributed by atoms with Crippen LogP contribution in [0.15, 0.2) is 24.3 Å². The molecule has 6 heteroatoms. The highest BCUT2D eigenvalue weighted by Crippen LogP contribution is 2.30. The van der Waals surface area contributed by atoms with Crippen LogP contribution in [0.25, 0.3) is 0 Å². The van der Waals surface area contributed by atoms with Crippen LogP contribution in [-0.2, 0) is 21.2 Å². The van der Waals surface area contributed by atoms with Gasteiger partial charge in [-0.1, -0.05) is 12.1 Å². The molecular weight excluding hydrogens is 254 g/mol. The predicted molar refractivity (Wildman–Crippen MR) is 67.9 cm³/mol. The van der Waals surface area contributed by atoms with Crippen molar-refractivity contribution < 1.29 is 18.3 Å². The van der Waals surface area contributed by atoms with Crippen molar-refractivity contribution in [3.63, 3.8) is 0 Å². The highest BCUT2D eigenvalue weighted by Gasteiger charge is 2.27. The van der Waals surface area contributed by atoms with E-state index in [0.29, 0.717) is 11.3 Å². The number of nitrogens with one attached hydrogen (secondary N) is 1. The smallest absolute Gasteiger partial charge is 0.307 e. The molecular formula is C12H15NO4S. The van der Waals surface area contributed by atoms with Crippen LogP contribution >= 0.6 is 0 Å². The highest BCUT2D eigenvalue weighted by molar-refractivity contribution is 7.92. The second kappa shape index (κ2) is 4.97. The van der Waals surface area contributed by atoms with Gasteiger partial charge in [0.05, 0.1) is 12.2 Å². The minimum absolute atomic E-state index is 0.113. The van der Waals surface area contributed by atoms with Crippen LogP contribution < -0.4 is 4.72 Å². The summed E-state index contributed by atoms with van der Waals surface area (Å²) in [4.78, 5) is 10.6. The zero-order valence-electron chi connectivity index (χ0n) is 9.80. The number of benzene rings is 1. The largest absolute Gasteiger partial charge is 0.481 e. The van der Waals surface area contributed by atoms with E-state index in [4.69, 9.17) is 5.11 Å². The Hall–Kier alpha value is -1.56. The lowest BCUT2D eigenvalue weighted by Crippen LogP contribution is -2.18. The lowest BCUT2D eigenvalue weighted by atomic mass is 10.1. The van der Waals surface area contributed by atoms with Crippen molar-refractivity contribution in [2.75, 3.05) is 10.5 Å². The van der Waals surface area contributed by atoms with Crippen molar-refractivity contribution in [3.05, 3.63) is 29.8 Å². The highest BCUT2D eigenvalue weighted by atomic mass is 32.2. The first-order chi connectivity index (χ1) is 8.44. The Morgan fingerprint density at radius 1 is 1.39 bits per heavy atom. The van der Waals surface area contributed by atoms with Crippen LogP contribution in [0.3, 0.4) is 0 Å². The van der Waals surface area contributed by atoms with E-state index in [1.165, 1.54) is 0 Å². The number of anilines is 1. The molecule has 1 aromatic rings. The first-order valence-electron chi connectivity index (χ1n) is 5.76. The summed E-state index contributed by atoms with van der Waals surface area (Å²) in [6, 6.07) is 6.48. The standard InChI is InChI=1S/C12H15NO4S/c14-12(15)7-10-2-1-3-11(6-10)13-18(16,17)8-9-4-5-9/h1-3,6,9,13H,4-5,7-8H2,(H,14,15). The Balaban J connectivity index is 2.06. The zero-order valence-corrected chi connectivity index (χ0v) is 10.6. The van der Waals surface area contributed by atoms with Gasteiger partial charge >= 0.3 is 5.97 Å². The molecule has 1 aromatic carbocycles. The van der Waals surface area contributed by atoms with E-state index >= 15 is 0 Å². The fourth-order valence-electron chi connectivity index (χ4n) is 1.74. The fourth-order valence-corrected chi connectivity index (χ4v) is 3.26. The van der Waals surface area contributed by atoms with Crippen LogP contribution in [0.4, 0.5) is 5.69 Å². The molecule has 0 unspecified atom stereocenters. The van der Waals surface area contributed by atoms with Gasteiger partial charge in [0.25, 0.3) is 0 Å². The molecule has 0 spiro atoms.